The maximum absolute atomic E-state index is 12.6. The lowest BCUT2D eigenvalue weighted by molar-refractivity contribution is -0.177. The summed E-state index contributed by atoms with van der Waals surface area (Å²) in [5, 5.41) is 2.75. The Morgan fingerprint density at radius 1 is 1.41 bits per heavy atom. The van der Waals surface area contributed by atoms with E-state index in [1.807, 2.05) is 30.3 Å². The van der Waals surface area contributed by atoms with Crippen molar-refractivity contribution in [3.8, 4) is 0 Å². The number of nitrogens with one attached hydrogen (secondary N) is 1. The largest absolute Gasteiger partial charge is 0.465 e. The van der Waals surface area contributed by atoms with E-state index in [-0.39, 0.29) is 18.9 Å². The third-order valence-electron chi connectivity index (χ3n) is 4.80. The summed E-state index contributed by atoms with van der Waals surface area (Å²) in [7, 11) is 0. The quantitative estimate of drug-likeness (QED) is 0.394. The van der Waals surface area contributed by atoms with Gasteiger partial charge in [-0.05, 0) is 18.9 Å². The Morgan fingerprint density at radius 3 is 2.68 bits per heavy atom. The molecular formula is C17H17NO4. The van der Waals surface area contributed by atoms with Crippen molar-refractivity contribution in [3.63, 3.8) is 0 Å². The number of ether oxygens (including phenoxy) is 1. The van der Waals surface area contributed by atoms with E-state index in [0.29, 0.717) is 0 Å². The molecule has 1 amide bonds. The van der Waals surface area contributed by atoms with E-state index in [0.717, 1.165) is 5.56 Å². The van der Waals surface area contributed by atoms with E-state index >= 15 is 0 Å². The molecule has 114 valence electrons. The Morgan fingerprint density at radius 2 is 2.09 bits per heavy atom. The fraction of sp³-hybridized carbons (Fsp3) is 0.353. The first-order chi connectivity index (χ1) is 10.5. The van der Waals surface area contributed by atoms with E-state index in [9.17, 15) is 14.4 Å². The lowest BCUT2D eigenvalue weighted by atomic mass is 9.46. The van der Waals surface area contributed by atoms with Crippen molar-refractivity contribution in [1.82, 2.24) is 5.32 Å². The van der Waals surface area contributed by atoms with Gasteiger partial charge >= 0.3 is 5.97 Å². The van der Waals surface area contributed by atoms with E-state index in [1.165, 1.54) is 0 Å². The Kier molecular flexibility index (Phi) is 3.16. The zero-order valence-electron chi connectivity index (χ0n) is 12.3. The molecule has 1 aliphatic heterocycles. The van der Waals surface area contributed by atoms with Crippen LogP contribution in [0.5, 0.6) is 0 Å². The van der Waals surface area contributed by atoms with Crippen molar-refractivity contribution in [2.45, 2.75) is 18.9 Å². The van der Waals surface area contributed by atoms with Crippen LogP contribution in [0.4, 0.5) is 0 Å². The fourth-order valence-corrected chi connectivity index (χ4v) is 3.82. The molecule has 3 atom stereocenters. The van der Waals surface area contributed by atoms with Gasteiger partial charge in [0.2, 0.25) is 5.78 Å². The molecule has 5 heteroatoms. The van der Waals surface area contributed by atoms with Gasteiger partial charge in [-0.2, -0.15) is 0 Å². The average molecular weight is 299 g/mol. The predicted octanol–water partition coefficient (Wildman–Crippen LogP) is 1.34. The van der Waals surface area contributed by atoms with Crippen LogP contribution in [-0.4, -0.2) is 24.3 Å². The molecule has 1 aromatic rings. The van der Waals surface area contributed by atoms with Crippen LogP contribution >= 0.6 is 0 Å². The van der Waals surface area contributed by atoms with Crippen LogP contribution in [0.1, 0.15) is 18.9 Å². The van der Waals surface area contributed by atoms with Gasteiger partial charge in [0, 0.05) is 5.92 Å². The molecule has 2 fully saturated rings. The molecule has 1 saturated heterocycles. The van der Waals surface area contributed by atoms with Crippen molar-refractivity contribution >= 4 is 17.7 Å². The molecule has 0 radical (unpaired) electrons. The third kappa shape index (κ3) is 1.46. The SMILES string of the molecule is C=C[C@H]1C[C@@]2(C(=O)OCC)C(=O)C(=O)N[C@@]12c1ccccc1. The molecule has 1 heterocycles. The maximum atomic E-state index is 12.6. The first-order valence-corrected chi connectivity index (χ1v) is 7.27. The Labute approximate surface area is 128 Å². The zero-order valence-corrected chi connectivity index (χ0v) is 12.3. The summed E-state index contributed by atoms with van der Waals surface area (Å²) < 4.78 is 5.12. The minimum atomic E-state index is -1.49. The molecule has 1 N–H and O–H groups in total. The fourth-order valence-electron chi connectivity index (χ4n) is 3.82. The number of esters is 1. The monoisotopic (exact) mass is 299 g/mol. The number of ketones is 1. The van der Waals surface area contributed by atoms with Gasteiger partial charge in [-0.25, -0.2) is 0 Å². The van der Waals surface area contributed by atoms with Gasteiger partial charge in [0.1, 0.15) is 0 Å². The van der Waals surface area contributed by atoms with E-state index in [1.54, 1.807) is 13.0 Å². The van der Waals surface area contributed by atoms with Crippen molar-refractivity contribution < 1.29 is 19.1 Å². The average Bonchev–Trinajstić information content (AvgIpc) is 2.68. The topological polar surface area (TPSA) is 72.5 Å². The Balaban J connectivity index is 2.21. The highest BCUT2D eigenvalue weighted by Gasteiger charge is 2.79. The number of hydrogen-bond donors (Lipinski definition) is 1. The van der Waals surface area contributed by atoms with Crippen LogP contribution in [0.3, 0.4) is 0 Å². The lowest BCUT2D eigenvalue weighted by Gasteiger charge is -2.56. The van der Waals surface area contributed by atoms with Crippen LogP contribution in [0.15, 0.2) is 43.0 Å². The van der Waals surface area contributed by atoms with Gasteiger partial charge in [0.25, 0.3) is 5.91 Å². The van der Waals surface area contributed by atoms with Crippen molar-refractivity contribution in [3.05, 3.63) is 48.6 Å². The number of amides is 1. The molecule has 22 heavy (non-hydrogen) atoms. The molecule has 0 bridgehead atoms. The highest BCUT2D eigenvalue weighted by Crippen LogP contribution is 2.64. The smallest absolute Gasteiger partial charge is 0.323 e. The summed E-state index contributed by atoms with van der Waals surface area (Å²) in [6.45, 7) is 5.62. The molecule has 1 aromatic carbocycles. The van der Waals surface area contributed by atoms with Gasteiger partial charge in [-0.1, -0.05) is 36.4 Å². The van der Waals surface area contributed by atoms with Crippen LogP contribution in [0.25, 0.3) is 0 Å². The van der Waals surface area contributed by atoms with Crippen molar-refractivity contribution in [2.75, 3.05) is 6.61 Å². The summed E-state index contributed by atoms with van der Waals surface area (Å²) >= 11 is 0. The second kappa shape index (κ2) is 4.80. The van der Waals surface area contributed by atoms with E-state index in [4.69, 9.17) is 4.74 Å². The van der Waals surface area contributed by atoms with E-state index < -0.39 is 28.6 Å². The predicted molar refractivity (Wildman–Crippen MR) is 78.6 cm³/mol. The van der Waals surface area contributed by atoms with Crippen LogP contribution in [0.2, 0.25) is 0 Å². The summed E-state index contributed by atoms with van der Waals surface area (Å²) in [5.74, 6) is -2.29. The number of hydrogen-bond acceptors (Lipinski definition) is 4. The van der Waals surface area contributed by atoms with Gasteiger partial charge in [0.05, 0.1) is 12.1 Å². The number of benzene rings is 1. The molecule has 1 saturated carbocycles. The molecule has 0 unspecified atom stereocenters. The second-order valence-corrected chi connectivity index (χ2v) is 5.63. The van der Waals surface area contributed by atoms with Crippen LogP contribution in [-0.2, 0) is 24.7 Å². The maximum Gasteiger partial charge on any atom is 0.323 e. The summed E-state index contributed by atoms with van der Waals surface area (Å²) in [6, 6.07) is 9.08. The second-order valence-electron chi connectivity index (χ2n) is 5.63. The van der Waals surface area contributed by atoms with Crippen LogP contribution < -0.4 is 5.32 Å². The number of rotatable bonds is 4. The molecule has 0 spiro atoms. The lowest BCUT2D eigenvalue weighted by Crippen LogP contribution is -2.68. The normalized spacial score (nSPS) is 32.7. The summed E-state index contributed by atoms with van der Waals surface area (Å²) in [6.07, 6.45) is 1.92. The molecule has 5 nitrogen and oxygen atoms in total. The highest BCUT2D eigenvalue weighted by molar-refractivity contribution is 6.45. The van der Waals surface area contributed by atoms with Crippen LogP contribution in [0, 0.1) is 11.3 Å². The van der Waals surface area contributed by atoms with Gasteiger partial charge in [-0.15, -0.1) is 6.58 Å². The first kappa shape index (κ1) is 14.5. The minimum absolute atomic E-state index is 0.158. The molecule has 2 aliphatic rings. The van der Waals surface area contributed by atoms with Gasteiger partial charge < -0.3 is 10.1 Å². The standard InChI is InChI=1S/C17H17NO4/c1-3-11-10-16(15(21)22-4-2)13(19)14(20)18-17(11,16)12-8-6-5-7-9-12/h3,5-9,11H,1,4,10H2,2H3,(H,18,20)/t11-,16-,17+/m0/s1. The molecular weight excluding hydrogens is 282 g/mol. The number of carbonyl (C=O) groups is 3. The number of fused-ring (bicyclic) bond motifs is 1. The summed E-state index contributed by atoms with van der Waals surface area (Å²) in [5.41, 5.74) is -1.85. The molecule has 3 rings (SSSR count). The molecule has 0 aromatic heterocycles. The number of carbonyl (C=O) groups excluding carboxylic acids is 3. The molecule has 1 aliphatic carbocycles. The van der Waals surface area contributed by atoms with Gasteiger partial charge in [0.15, 0.2) is 5.41 Å². The Hall–Kier alpha value is -2.43. The van der Waals surface area contributed by atoms with Crippen molar-refractivity contribution in [1.29, 1.82) is 0 Å². The zero-order chi connectivity index (χ0) is 16.0. The third-order valence-corrected chi connectivity index (χ3v) is 4.80. The first-order valence-electron chi connectivity index (χ1n) is 7.27. The summed E-state index contributed by atoms with van der Waals surface area (Å²) in [4.78, 5) is 37.1. The Bertz CT molecular complexity index is 668. The van der Waals surface area contributed by atoms with Gasteiger partial charge in [-0.3, -0.25) is 14.4 Å². The minimum Gasteiger partial charge on any atom is -0.465 e. The highest BCUT2D eigenvalue weighted by atomic mass is 16.5. The van der Waals surface area contributed by atoms with E-state index in [2.05, 4.69) is 11.9 Å². The van der Waals surface area contributed by atoms with Crippen molar-refractivity contribution in [2.24, 2.45) is 11.3 Å². The number of Topliss-reactive ketones (excluding diaryl/α,β-unsaturated/α-hetero) is 1.